The minimum Gasteiger partial charge on any atom is -0.450 e. The second-order valence-electron chi connectivity index (χ2n) is 3.74. The average molecular weight is 222 g/mol. The Labute approximate surface area is 96.2 Å². The van der Waals surface area contributed by atoms with Gasteiger partial charge in [0.2, 0.25) is 0 Å². The molecule has 0 atom stereocenters. The van der Waals surface area contributed by atoms with Crippen LogP contribution in [0.5, 0.6) is 0 Å². The molecule has 16 heavy (non-hydrogen) atoms. The van der Waals surface area contributed by atoms with Gasteiger partial charge in [0, 0.05) is 12.2 Å². The number of hydrogen-bond acceptors (Lipinski definition) is 3. The highest BCUT2D eigenvalue weighted by molar-refractivity contribution is 5.85. The topological polar surface area (TPSA) is 41.6 Å². The molecule has 0 bridgehead atoms. The molecule has 0 aromatic heterocycles. The third-order valence-electron chi connectivity index (χ3n) is 2.02. The fraction of sp³-hybridized carbons (Fsp3) is 0.417. The first kappa shape index (κ1) is 12.5. The second-order valence-corrected chi connectivity index (χ2v) is 3.74. The lowest BCUT2D eigenvalue weighted by atomic mass is 10.1. The SMILES string of the molecule is CCOC(=O)Nc1ccccc1CN(C)C. The van der Waals surface area contributed by atoms with Crippen LogP contribution in [0.3, 0.4) is 0 Å². The highest BCUT2D eigenvalue weighted by atomic mass is 16.5. The molecule has 0 unspecified atom stereocenters. The van der Waals surface area contributed by atoms with Gasteiger partial charge in [-0.1, -0.05) is 18.2 Å². The Balaban J connectivity index is 2.74. The van der Waals surface area contributed by atoms with Crippen LogP contribution in [-0.2, 0) is 11.3 Å². The lowest BCUT2D eigenvalue weighted by Gasteiger charge is -2.14. The molecule has 0 radical (unpaired) electrons. The maximum atomic E-state index is 11.3. The standard InChI is InChI=1S/C12H18N2O2/c1-4-16-12(15)13-11-8-6-5-7-10(11)9-14(2)3/h5-8H,4,9H2,1-3H3,(H,13,15). The summed E-state index contributed by atoms with van der Waals surface area (Å²) in [6.45, 7) is 2.94. The van der Waals surface area contributed by atoms with E-state index in [4.69, 9.17) is 4.74 Å². The van der Waals surface area contributed by atoms with Crippen molar-refractivity contribution in [3.05, 3.63) is 29.8 Å². The Hall–Kier alpha value is -1.55. The first-order valence-electron chi connectivity index (χ1n) is 5.30. The molecule has 0 fully saturated rings. The molecule has 0 saturated heterocycles. The molecule has 1 rings (SSSR count). The van der Waals surface area contributed by atoms with Gasteiger partial charge in [0.05, 0.1) is 6.61 Å². The highest BCUT2D eigenvalue weighted by Gasteiger charge is 2.06. The molecule has 0 aliphatic heterocycles. The fourth-order valence-corrected chi connectivity index (χ4v) is 1.40. The Morgan fingerprint density at radius 2 is 2.06 bits per heavy atom. The van der Waals surface area contributed by atoms with Gasteiger partial charge in [0.25, 0.3) is 0 Å². The van der Waals surface area contributed by atoms with Gasteiger partial charge in [-0.15, -0.1) is 0 Å². The van der Waals surface area contributed by atoms with Crippen molar-refractivity contribution >= 4 is 11.8 Å². The highest BCUT2D eigenvalue weighted by Crippen LogP contribution is 2.16. The van der Waals surface area contributed by atoms with E-state index in [1.54, 1.807) is 6.92 Å². The lowest BCUT2D eigenvalue weighted by Crippen LogP contribution is -2.17. The number of carbonyl (C=O) groups excluding carboxylic acids is 1. The van der Waals surface area contributed by atoms with Gasteiger partial charge in [0.15, 0.2) is 0 Å². The Morgan fingerprint density at radius 1 is 1.38 bits per heavy atom. The Bertz CT molecular complexity index is 351. The fourth-order valence-electron chi connectivity index (χ4n) is 1.40. The van der Waals surface area contributed by atoms with Crippen molar-refractivity contribution in [1.29, 1.82) is 0 Å². The molecule has 4 nitrogen and oxygen atoms in total. The molecule has 1 N–H and O–H groups in total. The minimum atomic E-state index is -0.409. The molecule has 0 aliphatic carbocycles. The van der Waals surface area contributed by atoms with Crippen molar-refractivity contribution < 1.29 is 9.53 Å². The second kappa shape index (κ2) is 6.12. The van der Waals surface area contributed by atoms with Gasteiger partial charge in [-0.05, 0) is 32.6 Å². The van der Waals surface area contributed by atoms with Gasteiger partial charge >= 0.3 is 6.09 Å². The lowest BCUT2D eigenvalue weighted by molar-refractivity contribution is 0.168. The van der Waals surface area contributed by atoms with Crippen LogP contribution >= 0.6 is 0 Å². The number of carbonyl (C=O) groups is 1. The van der Waals surface area contributed by atoms with Crippen LogP contribution in [-0.4, -0.2) is 31.7 Å². The predicted molar refractivity (Wildman–Crippen MR) is 64.5 cm³/mol. The predicted octanol–water partition coefficient (Wildman–Crippen LogP) is 2.32. The number of benzene rings is 1. The van der Waals surface area contributed by atoms with Crippen LogP contribution in [0.4, 0.5) is 10.5 Å². The summed E-state index contributed by atoms with van der Waals surface area (Å²) in [6, 6.07) is 7.70. The van der Waals surface area contributed by atoms with E-state index in [1.165, 1.54) is 0 Å². The molecular formula is C12H18N2O2. The molecule has 4 heteroatoms. The maximum Gasteiger partial charge on any atom is 0.411 e. The van der Waals surface area contributed by atoms with Crippen LogP contribution in [0.1, 0.15) is 12.5 Å². The van der Waals surface area contributed by atoms with Crippen LogP contribution in [0.25, 0.3) is 0 Å². The molecule has 0 spiro atoms. The summed E-state index contributed by atoms with van der Waals surface area (Å²) >= 11 is 0. The van der Waals surface area contributed by atoms with Crippen molar-refractivity contribution in [2.75, 3.05) is 26.0 Å². The van der Waals surface area contributed by atoms with E-state index in [9.17, 15) is 4.79 Å². The van der Waals surface area contributed by atoms with Gasteiger partial charge in [0.1, 0.15) is 0 Å². The van der Waals surface area contributed by atoms with Crippen molar-refractivity contribution in [3.8, 4) is 0 Å². The Kier molecular flexibility index (Phi) is 4.79. The van der Waals surface area contributed by atoms with E-state index in [1.807, 2.05) is 43.3 Å². The first-order chi connectivity index (χ1) is 7.63. The molecule has 1 amide bonds. The summed E-state index contributed by atoms with van der Waals surface area (Å²) in [5.41, 5.74) is 1.87. The average Bonchev–Trinajstić information content (AvgIpc) is 2.20. The summed E-state index contributed by atoms with van der Waals surface area (Å²) < 4.78 is 4.84. The van der Waals surface area contributed by atoms with Gasteiger partial charge < -0.3 is 9.64 Å². The molecule has 0 saturated carbocycles. The number of ether oxygens (including phenoxy) is 1. The smallest absolute Gasteiger partial charge is 0.411 e. The van der Waals surface area contributed by atoms with Crippen molar-refractivity contribution in [1.82, 2.24) is 4.90 Å². The minimum absolute atomic E-state index is 0.377. The quantitative estimate of drug-likeness (QED) is 0.850. The van der Waals surface area contributed by atoms with Crippen molar-refractivity contribution in [2.45, 2.75) is 13.5 Å². The largest absolute Gasteiger partial charge is 0.450 e. The molecule has 1 aromatic carbocycles. The molecule has 1 aromatic rings. The monoisotopic (exact) mass is 222 g/mol. The third-order valence-corrected chi connectivity index (χ3v) is 2.02. The number of nitrogens with zero attached hydrogens (tertiary/aromatic N) is 1. The number of rotatable bonds is 4. The summed E-state index contributed by atoms with van der Waals surface area (Å²) in [5.74, 6) is 0. The molecular weight excluding hydrogens is 204 g/mol. The first-order valence-corrected chi connectivity index (χ1v) is 5.30. The van der Waals surface area contributed by atoms with Crippen LogP contribution < -0.4 is 5.32 Å². The summed E-state index contributed by atoms with van der Waals surface area (Å²) in [5, 5.41) is 2.73. The van der Waals surface area contributed by atoms with Crippen molar-refractivity contribution in [3.63, 3.8) is 0 Å². The van der Waals surface area contributed by atoms with E-state index in [-0.39, 0.29) is 0 Å². The number of anilines is 1. The van der Waals surface area contributed by atoms with E-state index < -0.39 is 6.09 Å². The summed E-state index contributed by atoms with van der Waals surface area (Å²) in [4.78, 5) is 13.4. The van der Waals surface area contributed by atoms with E-state index in [0.717, 1.165) is 17.8 Å². The van der Waals surface area contributed by atoms with Crippen LogP contribution in [0, 0.1) is 0 Å². The van der Waals surface area contributed by atoms with Crippen molar-refractivity contribution in [2.24, 2.45) is 0 Å². The normalized spacial score (nSPS) is 10.2. The number of nitrogens with one attached hydrogen (secondary N) is 1. The summed E-state index contributed by atoms with van der Waals surface area (Å²) in [6.07, 6.45) is -0.409. The zero-order valence-corrected chi connectivity index (χ0v) is 9.99. The third kappa shape index (κ3) is 3.90. The zero-order valence-electron chi connectivity index (χ0n) is 9.99. The van der Waals surface area contributed by atoms with Gasteiger partial charge in [-0.2, -0.15) is 0 Å². The van der Waals surface area contributed by atoms with Crippen LogP contribution in [0.15, 0.2) is 24.3 Å². The number of hydrogen-bond donors (Lipinski definition) is 1. The maximum absolute atomic E-state index is 11.3. The van der Waals surface area contributed by atoms with E-state index in [2.05, 4.69) is 5.32 Å². The zero-order chi connectivity index (χ0) is 12.0. The molecule has 0 heterocycles. The number of amides is 1. The van der Waals surface area contributed by atoms with Gasteiger partial charge in [-0.25, -0.2) is 4.79 Å². The van der Waals surface area contributed by atoms with Crippen LogP contribution in [0.2, 0.25) is 0 Å². The molecule has 0 aliphatic rings. The van der Waals surface area contributed by atoms with Gasteiger partial charge in [-0.3, -0.25) is 5.32 Å². The summed E-state index contributed by atoms with van der Waals surface area (Å²) in [7, 11) is 3.97. The van der Waals surface area contributed by atoms with E-state index in [0.29, 0.717) is 6.61 Å². The molecule has 88 valence electrons. The Morgan fingerprint density at radius 3 is 2.69 bits per heavy atom. The number of para-hydroxylation sites is 1. The van der Waals surface area contributed by atoms with E-state index >= 15 is 0 Å².